The highest BCUT2D eigenvalue weighted by molar-refractivity contribution is 6.45. The van der Waals surface area contributed by atoms with Gasteiger partial charge < -0.3 is 10.6 Å². The predicted octanol–water partition coefficient (Wildman–Crippen LogP) is 1.55. The van der Waals surface area contributed by atoms with Gasteiger partial charge in [-0.3, -0.25) is 14.4 Å². The minimum atomic E-state index is -0.819. The number of carbonyl (C=O) groups is 3. The van der Waals surface area contributed by atoms with Crippen LogP contribution in [0.4, 0.5) is 11.4 Å². The maximum absolute atomic E-state index is 12.5. The van der Waals surface area contributed by atoms with E-state index >= 15 is 0 Å². The van der Waals surface area contributed by atoms with Gasteiger partial charge in [0.2, 0.25) is 5.91 Å². The number of benzene rings is 1. The molecule has 22 heavy (non-hydrogen) atoms. The summed E-state index contributed by atoms with van der Waals surface area (Å²) in [6.45, 7) is 2.39. The summed E-state index contributed by atoms with van der Waals surface area (Å²) in [6.07, 6.45) is 3.89. The van der Waals surface area contributed by atoms with Crippen molar-refractivity contribution in [1.82, 2.24) is 4.90 Å². The van der Waals surface area contributed by atoms with Crippen molar-refractivity contribution in [2.75, 3.05) is 23.7 Å². The van der Waals surface area contributed by atoms with Crippen LogP contribution in [0.25, 0.3) is 0 Å². The van der Waals surface area contributed by atoms with Crippen molar-refractivity contribution in [3.8, 4) is 0 Å². The number of hydrogen-bond donors (Lipinski definition) is 1. The molecule has 6 nitrogen and oxygen atoms in total. The number of rotatable bonds is 1. The lowest BCUT2D eigenvalue weighted by Gasteiger charge is -2.24. The molecule has 1 aliphatic rings. The van der Waals surface area contributed by atoms with Crippen LogP contribution in [0.15, 0.2) is 24.3 Å². The van der Waals surface area contributed by atoms with Crippen LogP contribution < -0.4 is 10.6 Å². The third-order valence-electron chi connectivity index (χ3n) is 3.72. The Morgan fingerprint density at radius 2 is 1.73 bits per heavy atom. The van der Waals surface area contributed by atoms with E-state index in [0.29, 0.717) is 24.5 Å². The third-order valence-corrected chi connectivity index (χ3v) is 3.72. The van der Waals surface area contributed by atoms with E-state index in [-0.39, 0.29) is 0 Å². The molecular weight excluding hydrogens is 282 g/mol. The summed E-state index contributed by atoms with van der Waals surface area (Å²) in [7, 11) is 0. The second-order valence-corrected chi connectivity index (χ2v) is 5.46. The normalized spacial score (nSPS) is 15.0. The van der Waals surface area contributed by atoms with Gasteiger partial charge in [0, 0.05) is 25.7 Å². The Labute approximate surface area is 129 Å². The van der Waals surface area contributed by atoms with Gasteiger partial charge in [-0.1, -0.05) is 18.9 Å². The Bertz CT molecular complexity index is 578. The number of nitrogens with zero attached hydrogens (tertiary/aromatic N) is 2. The first-order valence-electron chi connectivity index (χ1n) is 7.50. The summed E-state index contributed by atoms with van der Waals surface area (Å²) in [6, 6.07) is 6.40. The van der Waals surface area contributed by atoms with Gasteiger partial charge >= 0.3 is 11.8 Å². The van der Waals surface area contributed by atoms with Crippen LogP contribution in [0.3, 0.4) is 0 Å². The van der Waals surface area contributed by atoms with E-state index in [1.165, 1.54) is 17.9 Å². The first-order chi connectivity index (χ1) is 10.5. The molecule has 2 N–H and O–H groups in total. The number of nitrogen functional groups attached to an aromatic ring is 1. The van der Waals surface area contributed by atoms with Crippen molar-refractivity contribution < 1.29 is 14.4 Å². The summed E-state index contributed by atoms with van der Waals surface area (Å²) < 4.78 is 0. The van der Waals surface area contributed by atoms with E-state index in [1.807, 2.05) is 0 Å². The molecule has 1 aromatic rings. The molecule has 0 atom stereocenters. The summed E-state index contributed by atoms with van der Waals surface area (Å²) in [5, 5.41) is 0. The quantitative estimate of drug-likeness (QED) is 0.630. The smallest absolute Gasteiger partial charge is 0.323 e. The highest BCUT2D eigenvalue weighted by Gasteiger charge is 2.30. The first-order valence-corrected chi connectivity index (χ1v) is 7.50. The van der Waals surface area contributed by atoms with Crippen LogP contribution in [0.1, 0.15) is 32.6 Å². The molecule has 6 heteroatoms. The molecule has 118 valence electrons. The van der Waals surface area contributed by atoms with Gasteiger partial charge in [-0.15, -0.1) is 0 Å². The first kappa shape index (κ1) is 16.0. The van der Waals surface area contributed by atoms with Gasteiger partial charge in [-0.25, -0.2) is 4.90 Å². The van der Waals surface area contributed by atoms with Crippen molar-refractivity contribution in [3.63, 3.8) is 0 Å². The largest absolute Gasteiger partial charge is 0.399 e. The molecule has 0 bridgehead atoms. The average molecular weight is 303 g/mol. The topological polar surface area (TPSA) is 83.7 Å². The van der Waals surface area contributed by atoms with E-state index in [4.69, 9.17) is 5.73 Å². The number of nitrogens with two attached hydrogens (primary N) is 1. The predicted molar refractivity (Wildman–Crippen MR) is 84.1 cm³/mol. The van der Waals surface area contributed by atoms with Crippen molar-refractivity contribution in [2.24, 2.45) is 0 Å². The van der Waals surface area contributed by atoms with Crippen LogP contribution in [0.5, 0.6) is 0 Å². The number of likely N-dealkylation sites (tertiary alicyclic amines) is 1. The lowest BCUT2D eigenvalue weighted by atomic mass is 10.2. The van der Waals surface area contributed by atoms with Crippen LogP contribution >= 0.6 is 0 Å². The van der Waals surface area contributed by atoms with Crippen molar-refractivity contribution >= 4 is 29.1 Å². The summed E-state index contributed by atoms with van der Waals surface area (Å²) in [5.74, 6) is -1.95. The number of hydrogen-bond acceptors (Lipinski definition) is 4. The fraction of sp³-hybridized carbons (Fsp3) is 0.438. The Morgan fingerprint density at radius 1 is 1.09 bits per heavy atom. The molecule has 0 aromatic heterocycles. The lowest BCUT2D eigenvalue weighted by molar-refractivity contribution is -0.145. The minimum absolute atomic E-state index is 0.320. The molecule has 0 saturated carbocycles. The Morgan fingerprint density at radius 3 is 2.27 bits per heavy atom. The van der Waals surface area contributed by atoms with Crippen LogP contribution in [0, 0.1) is 0 Å². The maximum atomic E-state index is 12.5. The van der Waals surface area contributed by atoms with Crippen LogP contribution in [-0.4, -0.2) is 35.7 Å². The van der Waals surface area contributed by atoms with Crippen LogP contribution in [-0.2, 0) is 14.4 Å². The van der Waals surface area contributed by atoms with Gasteiger partial charge in [0.25, 0.3) is 0 Å². The highest BCUT2D eigenvalue weighted by Crippen LogP contribution is 2.19. The molecule has 1 saturated heterocycles. The Balaban J connectivity index is 2.22. The van der Waals surface area contributed by atoms with E-state index in [0.717, 1.165) is 30.6 Å². The van der Waals surface area contributed by atoms with E-state index in [9.17, 15) is 14.4 Å². The fourth-order valence-electron chi connectivity index (χ4n) is 2.61. The van der Waals surface area contributed by atoms with E-state index < -0.39 is 17.7 Å². The fourth-order valence-corrected chi connectivity index (χ4v) is 2.61. The van der Waals surface area contributed by atoms with E-state index in [1.54, 1.807) is 18.2 Å². The molecule has 0 spiro atoms. The number of carbonyl (C=O) groups excluding carboxylic acids is 3. The standard InChI is InChI=1S/C16H21N3O3/c1-12(20)19(14-8-6-7-13(17)11-14)16(22)15(21)18-9-4-2-3-5-10-18/h6-8,11H,2-5,9-10,17H2,1H3. The van der Waals surface area contributed by atoms with Gasteiger partial charge in [0.15, 0.2) is 0 Å². The SMILES string of the molecule is CC(=O)N(C(=O)C(=O)N1CCCCCC1)c1cccc(N)c1. The highest BCUT2D eigenvalue weighted by atomic mass is 16.2. The van der Waals surface area contributed by atoms with Crippen molar-refractivity contribution in [1.29, 1.82) is 0 Å². The number of amides is 3. The Kier molecular flexibility index (Phi) is 5.14. The Hall–Kier alpha value is -2.37. The van der Waals surface area contributed by atoms with Gasteiger partial charge in [0.05, 0.1) is 5.69 Å². The molecular formula is C16H21N3O3. The average Bonchev–Trinajstić information content (AvgIpc) is 2.75. The summed E-state index contributed by atoms with van der Waals surface area (Å²) in [4.78, 5) is 39.2. The molecule has 1 fully saturated rings. The third kappa shape index (κ3) is 3.63. The molecule has 1 heterocycles. The second-order valence-electron chi connectivity index (χ2n) is 5.46. The lowest BCUT2D eigenvalue weighted by Crippen LogP contribution is -2.47. The molecule has 0 radical (unpaired) electrons. The maximum Gasteiger partial charge on any atom is 0.323 e. The zero-order chi connectivity index (χ0) is 16.1. The number of imide groups is 1. The zero-order valence-corrected chi connectivity index (χ0v) is 12.7. The molecule has 2 rings (SSSR count). The monoisotopic (exact) mass is 303 g/mol. The van der Waals surface area contributed by atoms with E-state index in [2.05, 4.69) is 0 Å². The minimum Gasteiger partial charge on any atom is -0.399 e. The molecule has 1 aliphatic heterocycles. The van der Waals surface area contributed by atoms with Crippen LogP contribution in [0.2, 0.25) is 0 Å². The molecule has 0 unspecified atom stereocenters. The molecule has 0 aliphatic carbocycles. The van der Waals surface area contributed by atoms with Gasteiger partial charge in [-0.2, -0.15) is 0 Å². The molecule has 1 aromatic carbocycles. The van der Waals surface area contributed by atoms with Gasteiger partial charge in [0.1, 0.15) is 0 Å². The summed E-state index contributed by atoms with van der Waals surface area (Å²) in [5.41, 5.74) is 6.44. The van der Waals surface area contributed by atoms with Gasteiger partial charge in [-0.05, 0) is 31.0 Å². The van der Waals surface area contributed by atoms with Crippen molar-refractivity contribution in [3.05, 3.63) is 24.3 Å². The van der Waals surface area contributed by atoms with Crippen molar-refractivity contribution in [2.45, 2.75) is 32.6 Å². The second kappa shape index (κ2) is 7.06. The summed E-state index contributed by atoms with van der Waals surface area (Å²) >= 11 is 0. The molecule has 3 amide bonds. The zero-order valence-electron chi connectivity index (χ0n) is 12.7. The number of anilines is 2.